The fraction of sp³-hybridized carbons (Fsp3) is 0.111. The Labute approximate surface area is 153 Å². The average Bonchev–Trinajstić information content (AvgIpc) is 3.30. The number of carbonyl (C=O) groups is 1. The van der Waals surface area contributed by atoms with Crippen LogP contribution in [0.3, 0.4) is 0 Å². The smallest absolute Gasteiger partial charge is 0.277 e. The molecule has 3 aromatic rings. The van der Waals surface area contributed by atoms with E-state index in [2.05, 4.69) is 10.3 Å². The molecule has 7 nitrogen and oxygen atoms in total. The summed E-state index contributed by atoms with van der Waals surface area (Å²) >= 11 is 1.34. The van der Waals surface area contributed by atoms with Crippen molar-refractivity contribution in [2.24, 2.45) is 0 Å². The first-order chi connectivity index (χ1) is 12.6. The van der Waals surface area contributed by atoms with E-state index in [1.165, 1.54) is 28.4 Å². The molecule has 26 heavy (non-hydrogen) atoms. The van der Waals surface area contributed by atoms with Crippen molar-refractivity contribution in [2.75, 3.05) is 24.1 Å². The second kappa shape index (κ2) is 6.57. The molecule has 0 spiro atoms. The summed E-state index contributed by atoms with van der Waals surface area (Å²) in [5.74, 6) is 1.31. The maximum absolute atomic E-state index is 12.6. The fourth-order valence-electron chi connectivity index (χ4n) is 2.49. The molecule has 0 fully saturated rings. The van der Waals surface area contributed by atoms with Gasteiger partial charge in [0.15, 0.2) is 16.6 Å². The monoisotopic (exact) mass is 369 g/mol. The van der Waals surface area contributed by atoms with Crippen molar-refractivity contribution >= 4 is 33.8 Å². The van der Waals surface area contributed by atoms with Crippen LogP contribution in [0.5, 0.6) is 17.2 Å². The second-order valence-corrected chi connectivity index (χ2v) is 6.47. The molecule has 1 aliphatic heterocycles. The maximum atomic E-state index is 12.6. The number of hydrogen-bond donors (Lipinski definition) is 2. The van der Waals surface area contributed by atoms with Crippen molar-refractivity contribution in [1.82, 2.24) is 4.98 Å². The third-order valence-corrected chi connectivity index (χ3v) is 4.65. The molecule has 1 amide bonds. The topological polar surface area (TPSA) is 83.9 Å². The molecule has 0 radical (unpaired) electrons. The minimum atomic E-state index is -0.231. The third kappa shape index (κ3) is 3.14. The van der Waals surface area contributed by atoms with E-state index in [4.69, 9.17) is 9.47 Å². The molecule has 4 rings (SSSR count). The largest absolute Gasteiger partial charge is 0.508 e. The number of amides is 1. The number of nitrogens with zero attached hydrogens (tertiary/aromatic N) is 2. The zero-order valence-corrected chi connectivity index (χ0v) is 14.6. The predicted octanol–water partition coefficient (Wildman–Crippen LogP) is 3.60. The Morgan fingerprint density at radius 3 is 2.77 bits per heavy atom. The van der Waals surface area contributed by atoms with Crippen LogP contribution in [-0.4, -0.2) is 29.8 Å². The minimum Gasteiger partial charge on any atom is -0.508 e. The van der Waals surface area contributed by atoms with Crippen LogP contribution in [0.15, 0.2) is 47.8 Å². The molecule has 0 unspecified atom stereocenters. The van der Waals surface area contributed by atoms with E-state index in [0.717, 1.165) is 5.69 Å². The third-order valence-electron chi connectivity index (χ3n) is 3.89. The lowest BCUT2D eigenvalue weighted by Gasteiger charge is -2.15. The van der Waals surface area contributed by atoms with Gasteiger partial charge in [-0.2, -0.15) is 0 Å². The van der Waals surface area contributed by atoms with Gasteiger partial charge in [0.05, 0.1) is 0 Å². The first-order valence-electron chi connectivity index (χ1n) is 7.79. The number of thiazole rings is 1. The average molecular weight is 369 g/mol. The van der Waals surface area contributed by atoms with Gasteiger partial charge in [-0.15, -0.1) is 11.3 Å². The van der Waals surface area contributed by atoms with Crippen LogP contribution in [-0.2, 0) is 0 Å². The van der Waals surface area contributed by atoms with Gasteiger partial charge >= 0.3 is 0 Å². The Balaban J connectivity index is 1.48. The number of phenols is 1. The van der Waals surface area contributed by atoms with Gasteiger partial charge in [0.1, 0.15) is 11.4 Å². The minimum absolute atomic E-state index is 0.151. The number of anilines is 3. The van der Waals surface area contributed by atoms with E-state index in [1.54, 1.807) is 24.6 Å². The second-order valence-electron chi connectivity index (χ2n) is 5.61. The standard InChI is InChI=1S/C18H15N3O4S/c1-21(12-3-5-13(22)6-4-12)17(23)14-9-26-18(20-14)19-11-2-7-15-16(8-11)25-10-24-15/h2-9,22H,10H2,1H3,(H,19,20). The summed E-state index contributed by atoms with van der Waals surface area (Å²) in [6, 6.07) is 11.9. The number of fused-ring (bicyclic) bond motifs is 1. The Kier molecular flexibility index (Phi) is 4.10. The van der Waals surface area contributed by atoms with Crippen LogP contribution in [0.1, 0.15) is 10.5 Å². The summed E-state index contributed by atoms with van der Waals surface area (Å²) in [6.07, 6.45) is 0. The summed E-state index contributed by atoms with van der Waals surface area (Å²) in [4.78, 5) is 18.4. The fourth-order valence-corrected chi connectivity index (χ4v) is 3.20. The SMILES string of the molecule is CN(C(=O)c1csc(Nc2ccc3c(c2)OCO3)n1)c1ccc(O)cc1. The zero-order chi connectivity index (χ0) is 18.1. The molecule has 0 aliphatic carbocycles. The van der Waals surface area contributed by atoms with E-state index in [-0.39, 0.29) is 18.4 Å². The molecule has 0 atom stereocenters. The van der Waals surface area contributed by atoms with Crippen LogP contribution >= 0.6 is 11.3 Å². The molecule has 1 aliphatic rings. The van der Waals surface area contributed by atoms with Crippen LogP contribution in [0.4, 0.5) is 16.5 Å². The molecule has 0 saturated heterocycles. The summed E-state index contributed by atoms with van der Waals surface area (Å²) in [7, 11) is 1.67. The lowest BCUT2D eigenvalue weighted by atomic mass is 10.2. The van der Waals surface area contributed by atoms with E-state index in [9.17, 15) is 9.90 Å². The van der Waals surface area contributed by atoms with Gasteiger partial charge in [0.2, 0.25) is 6.79 Å². The lowest BCUT2D eigenvalue weighted by Crippen LogP contribution is -2.26. The number of carbonyl (C=O) groups excluding carboxylic acids is 1. The number of benzene rings is 2. The molecule has 1 aromatic heterocycles. The van der Waals surface area contributed by atoms with Gasteiger partial charge in [0, 0.05) is 29.9 Å². The molecular weight excluding hydrogens is 354 g/mol. The highest BCUT2D eigenvalue weighted by molar-refractivity contribution is 7.14. The van der Waals surface area contributed by atoms with Gasteiger partial charge in [0.25, 0.3) is 5.91 Å². The van der Waals surface area contributed by atoms with Gasteiger partial charge in [-0.1, -0.05) is 0 Å². The van der Waals surface area contributed by atoms with Crippen LogP contribution in [0.25, 0.3) is 0 Å². The lowest BCUT2D eigenvalue weighted by molar-refractivity contribution is 0.0989. The number of ether oxygens (including phenoxy) is 2. The normalized spacial score (nSPS) is 12.0. The first kappa shape index (κ1) is 16.2. The van der Waals surface area contributed by atoms with Crippen LogP contribution < -0.4 is 19.7 Å². The van der Waals surface area contributed by atoms with E-state index < -0.39 is 0 Å². The number of aromatic nitrogens is 1. The van der Waals surface area contributed by atoms with Crippen LogP contribution in [0, 0.1) is 0 Å². The van der Waals surface area contributed by atoms with Gasteiger partial charge in [-0.05, 0) is 36.4 Å². The maximum Gasteiger partial charge on any atom is 0.277 e. The highest BCUT2D eigenvalue weighted by atomic mass is 32.1. The molecule has 2 heterocycles. The van der Waals surface area contributed by atoms with Crippen molar-refractivity contribution in [3.8, 4) is 17.2 Å². The number of hydrogen-bond acceptors (Lipinski definition) is 7. The molecule has 0 bridgehead atoms. The van der Waals surface area contributed by atoms with E-state index in [0.29, 0.717) is 28.0 Å². The Hall–Kier alpha value is -3.26. The first-order valence-corrected chi connectivity index (χ1v) is 8.67. The van der Waals surface area contributed by atoms with Crippen molar-refractivity contribution in [3.05, 3.63) is 53.5 Å². The Bertz CT molecular complexity index is 955. The number of nitrogens with one attached hydrogen (secondary N) is 1. The van der Waals surface area contributed by atoms with Crippen molar-refractivity contribution in [3.63, 3.8) is 0 Å². The molecule has 0 saturated carbocycles. The highest BCUT2D eigenvalue weighted by Crippen LogP contribution is 2.35. The van der Waals surface area contributed by atoms with Crippen molar-refractivity contribution in [2.45, 2.75) is 0 Å². The summed E-state index contributed by atoms with van der Waals surface area (Å²) in [6.45, 7) is 0.221. The van der Waals surface area contributed by atoms with Crippen molar-refractivity contribution in [1.29, 1.82) is 0 Å². The van der Waals surface area contributed by atoms with Gasteiger partial charge < -0.3 is 24.8 Å². The van der Waals surface area contributed by atoms with Crippen molar-refractivity contribution < 1.29 is 19.4 Å². The van der Waals surface area contributed by atoms with E-state index in [1.807, 2.05) is 18.2 Å². The molecular formula is C18H15N3O4S. The Morgan fingerprint density at radius 2 is 1.96 bits per heavy atom. The molecule has 8 heteroatoms. The molecule has 2 N–H and O–H groups in total. The number of aromatic hydroxyl groups is 1. The van der Waals surface area contributed by atoms with Gasteiger partial charge in [-0.25, -0.2) is 4.98 Å². The predicted molar refractivity (Wildman–Crippen MR) is 98.8 cm³/mol. The highest BCUT2D eigenvalue weighted by Gasteiger charge is 2.18. The van der Waals surface area contributed by atoms with Crippen LogP contribution in [0.2, 0.25) is 0 Å². The molecule has 132 valence electrons. The molecule has 2 aromatic carbocycles. The quantitative estimate of drug-likeness (QED) is 0.731. The summed E-state index contributed by atoms with van der Waals surface area (Å²) in [5.41, 5.74) is 1.81. The number of rotatable bonds is 4. The summed E-state index contributed by atoms with van der Waals surface area (Å²) in [5, 5.41) is 14.8. The number of phenolic OH excluding ortho intramolecular Hbond substituents is 1. The Morgan fingerprint density at radius 1 is 1.19 bits per heavy atom. The van der Waals surface area contributed by atoms with E-state index >= 15 is 0 Å². The summed E-state index contributed by atoms with van der Waals surface area (Å²) < 4.78 is 10.6. The zero-order valence-electron chi connectivity index (χ0n) is 13.8. The van der Waals surface area contributed by atoms with Gasteiger partial charge in [-0.3, -0.25) is 4.79 Å².